The Kier molecular flexibility index (Phi) is 5.09. The van der Waals surface area contributed by atoms with Crippen LogP contribution in [0.2, 0.25) is 0 Å². The lowest BCUT2D eigenvalue weighted by atomic mass is 10.0. The highest BCUT2D eigenvalue weighted by molar-refractivity contribution is 5.12. The fourth-order valence-corrected chi connectivity index (χ4v) is 1.90. The van der Waals surface area contributed by atoms with E-state index in [4.69, 9.17) is 4.74 Å². The van der Waals surface area contributed by atoms with Gasteiger partial charge in [-0.3, -0.25) is 0 Å². The normalized spacial score (nSPS) is 20.6. The summed E-state index contributed by atoms with van der Waals surface area (Å²) in [5.41, 5.74) is 1.54. The maximum Gasteiger partial charge on any atom is 0.0654 e. The van der Waals surface area contributed by atoms with Crippen LogP contribution in [0, 0.1) is 0 Å². The first-order valence-electron chi connectivity index (χ1n) is 5.23. The molecular formula is C11H21NO. The van der Waals surface area contributed by atoms with E-state index in [0.29, 0.717) is 6.04 Å². The van der Waals surface area contributed by atoms with Crippen LogP contribution in [0.5, 0.6) is 0 Å². The minimum Gasteiger partial charge on any atom is -0.383 e. The van der Waals surface area contributed by atoms with Crippen molar-refractivity contribution < 1.29 is 4.74 Å². The first kappa shape index (κ1) is 10.7. The van der Waals surface area contributed by atoms with Gasteiger partial charge in [-0.2, -0.15) is 0 Å². The minimum absolute atomic E-state index is 0.433. The first-order chi connectivity index (χ1) is 6.38. The molecule has 2 heteroatoms. The molecule has 1 rings (SSSR count). The average molecular weight is 183 g/mol. The summed E-state index contributed by atoms with van der Waals surface area (Å²) >= 11 is 0. The van der Waals surface area contributed by atoms with Gasteiger partial charge in [0.15, 0.2) is 0 Å². The summed E-state index contributed by atoms with van der Waals surface area (Å²) in [7, 11) is 3.77. The first-order valence-corrected chi connectivity index (χ1v) is 5.23. The highest BCUT2D eigenvalue weighted by Gasteiger charge is 2.12. The molecule has 0 aromatic carbocycles. The molecule has 0 aromatic heterocycles. The number of hydrogen-bond acceptors (Lipinski definition) is 2. The van der Waals surface area contributed by atoms with Crippen LogP contribution in [-0.4, -0.2) is 26.8 Å². The van der Waals surface area contributed by atoms with Gasteiger partial charge in [-0.15, -0.1) is 0 Å². The Morgan fingerprint density at radius 1 is 1.46 bits per heavy atom. The van der Waals surface area contributed by atoms with Gasteiger partial charge in [0.05, 0.1) is 12.6 Å². The lowest BCUT2D eigenvalue weighted by Crippen LogP contribution is -2.31. The van der Waals surface area contributed by atoms with E-state index in [-0.39, 0.29) is 0 Å². The van der Waals surface area contributed by atoms with E-state index in [2.05, 4.69) is 11.4 Å². The summed E-state index contributed by atoms with van der Waals surface area (Å²) in [6, 6.07) is 0.433. The third kappa shape index (κ3) is 3.49. The summed E-state index contributed by atoms with van der Waals surface area (Å²) in [5, 5.41) is 3.31. The van der Waals surface area contributed by atoms with Crippen LogP contribution >= 0.6 is 0 Å². The fraction of sp³-hybridized carbons (Fsp3) is 0.818. The van der Waals surface area contributed by atoms with Gasteiger partial charge < -0.3 is 10.1 Å². The molecule has 0 radical (unpaired) electrons. The summed E-state index contributed by atoms with van der Waals surface area (Å²) in [4.78, 5) is 0. The summed E-state index contributed by atoms with van der Waals surface area (Å²) < 4.78 is 5.19. The largest absolute Gasteiger partial charge is 0.383 e. The third-order valence-electron chi connectivity index (χ3n) is 2.71. The topological polar surface area (TPSA) is 21.3 Å². The molecule has 1 N–H and O–H groups in total. The van der Waals surface area contributed by atoms with E-state index >= 15 is 0 Å². The molecule has 0 aromatic rings. The number of methoxy groups -OCH3 is 1. The third-order valence-corrected chi connectivity index (χ3v) is 2.71. The standard InChI is InChI=1S/C11H21NO/c1-12-11(9-13-2)10-7-5-3-4-6-8-10/h7,11-12H,3-6,8-9H2,1-2H3. The predicted octanol–water partition coefficient (Wildman–Crippen LogP) is 2.11. The van der Waals surface area contributed by atoms with Crippen LogP contribution in [0.25, 0.3) is 0 Å². The summed E-state index contributed by atoms with van der Waals surface area (Å²) in [5.74, 6) is 0. The second kappa shape index (κ2) is 6.17. The van der Waals surface area contributed by atoms with E-state index in [1.54, 1.807) is 12.7 Å². The molecule has 1 unspecified atom stereocenters. The van der Waals surface area contributed by atoms with Gasteiger partial charge in [-0.25, -0.2) is 0 Å². The molecule has 0 saturated carbocycles. The number of allylic oxidation sites excluding steroid dienone is 1. The molecule has 1 atom stereocenters. The Morgan fingerprint density at radius 2 is 2.31 bits per heavy atom. The molecule has 0 saturated heterocycles. The van der Waals surface area contributed by atoms with Gasteiger partial charge in [0.1, 0.15) is 0 Å². The van der Waals surface area contributed by atoms with Crippen molar-refractivity contribution in [3.05, 3.63) is 11.6 Å². The lowest BCUT2D eigenvalue weighted by molar-refractivity contribution is 0.179. The average Bonchev–Trinajstić information content (AvgIpc) is 2.42. The number of likely N-dealkylation sites (N-methyl/N-ethyl adjacent to an activating group) is 1. The van der Waals surface area contributed by atoms with Crippen molar-refractivity contribution in [3.63, 3.8) is 0 Å². The molecule has 0 fully saturated rings. The van der Waals surface area contributed by atoms with Crippen molar-refractivity contribution in [2.24, 2.45) is 0 Å². The van der Waals surface area contributed by atoms with E-state index in [0.717, 1.165) is 6.61 Å². The van der Waals surface area contributed by atoms with Crippen LogP contribution in [0.15, 0.2) is 11.6 Å². The molecule has 0 amide bonds. The van der Waals surface area contributed by atoms with Crippen molar-refractivity contribution >= 4 is 0 Å². The lowest BCUT2D eigenvalue weighted by Gasteiger charge is -2.18. The number of ether oxygens (including phenoxy) is 1. The van der Waals surface area contributed by atoms with Crippen molar-refractivity contribution in [1.82, 2.24) is 5.32 Å². The molecule has 2 nitrogen and oxygen atoms in total. The van der Waals surface area contributed by atoms with Crippen LogP contribution in [0.4, 0.5) is 0 Å². The van der Waals surface area contributed by atoms with E-state index in [9.17, 15) is 0 Å². The summed E-state index contributed by atoms with van der Waals surface area (Å²) in [6.45, 7) is 0.794. The number of hydrogen-bond donors (Lipinski definition) is 1. The number of nitrogens with one attached hydrogen (secondary N) is 1. The van der Waals surface area contributed by atoms with Gasteiger partial charge in [0.25, 0.3) is 0 Å². The van der Waals surface area contributed by atoms with Gasteiger partial charge in [0, 0.05) is 7.11 Å². The van der Waals surface area contributed by atoms with Gasteiger partial charge in [-0.05, 0) is 32.7 Å². The maximum atomic E-state index is 5.19. The zero-order valence-corrected chi connectivity index (χ0v) is 8.81. The van der Waals surface area contributed by atoms with Gasteiger partial charge in [0.2, 0.25) is 0 Å². The van der Waals surface area contributed by atoms with Crippen molar-refractivity contribution in [1.29, 1.82) is 0 Å². The molecule has 1 aliphatic rings. The van der Waals surface area contributed by atoms with Gasteiger partial charge in [-0.1, -0.05) is 18.1 Å². The molecule has 0 aliphatic heterocycles. The van der Waals surface area contributed by atoms with Crippen LogP contribution < -0.4 is 5.32 Å². The van der Waals surface area contributed by atoms with Crippen LogP contribution in [-0.2, 0) is 4.74 Å². The Morgan fingerprint density at radius 3 is 3.00 bits per heavy atom. The second-order valence-corrected chi connectivity index (χ2v) is 3.67. The van der Waals surface area contributed by atoms with Crippen LogP contribution in [0.3, 0.4) is 0 Å². The van der Waals surface area contributed by atoms with Crippen molar-refractivity contribution in [3.8, 4) is 0 Å². The molecule has 13 heavy (non-hydrogen) atoms. The Hall–Kier alpha value is -0.340. The van der Waals surface area contributed by atoms with E-state index in [1.807, 2.05) is 7.05 Å². The second-order valence-electron chi connectivity index (χ2n) is 3.67. The predicted molar refractivity (Wildman–Crippen MR) is 55.9 cm³/mol. The fourth-order valence-electron chi connectivity index (χ4n) is 1.90. The monoisotopic (exact) mass is 183 g/mol. The zero-order chi connectivity index (χ0) is 9.52. The molecule has 76 valence electrons. The van der Waals surface area contributed by atoms with Crippen molar-refractivity contribution in [2.45, 2.75) is 38.1 Å². The summed E-state index contributed by atoms with van der Waals surface area (Å²) in [6.07, 6.45) is 8.96. The van der Waals surface area contributed by atoms with E-state index < -0.39 is 0 Å². The van der Waals surface area contributed by atoms with Crippen molar-refractivity contribution in [2.75, 3.05) is 20.8 Å². The quantitative estimate of drug-likeness (QED) is 0.674. The Bertz CT molecular complexity index is 165. The number of rotatable bonds is 4. The Balaban J connectivity index is 2.49. The molecule has 0 heterocycles. The molecule has 0 spiro atoms. The maximum absolute atomic E-state index is 5.19. The zero-order valence-electron chi connectivity index (χ0n) is 8.81. The molecule has 0 bridgehead atoms. The van der Waals surface area contributed by atoms with E-state index in [1.165, 1.54) is 32.1 Å². The van der Waals surface area contributed by atoms with Gasteiger partial charge >= 0.3 is 0 Å². The highest BCUT2D eigenvalue weighted by Crippen LogP contribution is 2.19. The highest BCUT2D eigenvalue weighted by atomic mass is 16.5. The molecular weight excluding hydrogens is 162 g/mol. The minimum atomic E-state index is 0.433. The Labute approximate surface area is 81.4 Å². The molecule has 1 aliphatic carbocycles. The smallest absolute Gasteiger partial charge is 0.0654 e. The SMILES string of the molecule is CNC(COC)C1=CCCCCC1. The van der Waals surface area contributed by atoms with Crippen LogP contribution in [0.1, 0.15) is 32.1 Å².